The lowest BCUT2D eigenvalue weighted by atomic mass is 9.95. The van der Waals surface area contributed by atoms with Gasteiger partial charge in [-0.15, -0.1) is 0 Å². The summed E-state index contributed by atoms with van der Waals surface area (Å²) in [5.74, 6) is 0. The van der Waals surface area contributed by atoms with E-state index in [0.29, 0.717) is 5.56 Å². The molecule has 1 aromatic rings. The third-order valence-corrected chi connectivity index (χ3v) is 3.63. The fraction of sp³-hybridized carbons (Fsp3) is 0.647. The Kier molecular flexibility index (Phi) is 7.79. The second-order valence-electron chi connectivity index (χ2n) is 5.44. The van der Waals surface area contributed by atoms with Crippen molar-refractivity contribution in [3.8, 4) is 0 Å². The summed E-state index contributed by atoms with van der Waals surface area (Å²) in [6.45, 7) is 4.90. The molecule has 0 aromatic heterocycles. The highest BCUT2D eigenvalue weighted by atomic mass is 19.4. The molecule has 0 aliphatic heterocycles. The fourth-order valence-electron chi connectivity index (χ4n) is 2.52. The first-order valence-corrected chi connectivity index (χ1v) is 7.90. The minimum Gasteiger partial charge on any atom is -0.310 e. The molecule has 120 valence electrons. The van der Waals surface area contributed by atoms with Crippen molar-refractivity contribution in [1.82, 2.24) is 5.32 Å². The van der Waals surface area contributed by atoms with Crippen LogP contribution in [0, 0.1) is 0 Å². The lowest BCUT2D eigenvalue weighted by Crippen LogP contribution is -2.25. The van der Waals surface area contributed by atoms with Gasteiger partial charge in [0.25, 0.3) is 0 Å². The van der Waals surface area contributed by atoms with Gasteiger partial charge < -0.3 is 5.32 Å². The molecule has 1 aromatic carbocycles. The third kappa shape index (κ3) is 6.08. The van der Waals surface area contributed by atoms with Crippen molar-refractivity contribution >= 4 is 0 Å². The summed E-state index contributed by atoms with van der Waals surface area (Å²) >= 11 is 0. The van der Waals surface area contributed by atoms with Gasteiger partial charge in [0.1, 0.15) is 0 Å². The zero-order chi connectivity index (χ0) is 15.7. The van der Waals surface area contributed by atoms with Crippen molar-refractivity contribution in [1.29, 1.82) is 0 Å². The first-order valence-electron chi connectivity index (χ1n) is 7.90. The first kappa shape index (κ1) is 18.0. The van der Waals surface area contributed by atoms with Crippen LogP contribution < -0.4 is 5.32 Å². The normalized spacial score (nSPS) is 13.4. The maximum Gasteiger partial charge on any atom is 0.416 e. The molecule has 1 N–H and O–H groups in total. The second kappa shape index (κ2) is 9.08. The average Bonchev–Trinajstić information content (AvgIpc) is 2.46. The first-order chi connectivity index (χ1) is 10.0. The maximum atomic E-state index is 13.1. The molecule has 0 saturated carbocycles. The number of unbranched alkanes of at least 4 members (excludes halogenated alkanes) is 3. The summed E-state index contributed by atoms with van der Waals surface area (Å²) in [6, 6.07) is 5.73. The Morgan fingerprint density at radius 2 is 1.71 bits per heavy atom. The number of nitrogens with one attached hydrogen (secondary N) is 1. The Morgan fingerprint density at radius 3 is 2.33 bits per heavy atom. The van der Waals surface area contributed by atoms with Crippen LogP contribution in [0.5, 0.6) is 0 Å². The highest BCUT2D eigenvalue weighted by Gasteiger charge is 2.34. The van der Waals surface area contributed by atoms with E-state index in [1.165, 1.54) is 12.1 Å². The van der Waals surface area contributed by atoms with E-state index >= 15 is 0 Å². The van der Waals surface area contributed by atoms with Gasteiger partial charge in [0.05, 0.1) is 5.56 Å². The van der Waals surface area contributed by atoms with Crippen molar-refractivity contribution < 1.29 is 13.2 Å². The molecule has 1 nitrogen and oxygen atoms in total. The summed E-state index contributed by atoms with van der Waals surface area (Å²) in [4.78, 5) is 0. The van der Waals surface area contributed by atoms with E-state index in [4.69, 9.17) is 0 Å². The Labute approximate surface area is 125 Å². The zero-order valence-electron chi connectivity index (χ0n) is 13.0. The molecule has 0 amide bonds. The monoisotopic (exact) mass is 301 g/mol. The molecule has 1 rings (SSSR count). The lowest BCUT2D eigenvalue weighted by Gasteiger charge is -2.23. The Balaban J connectivity index is 2.86. The van der Waals surface area contributed by atoms with Crippen LogP contribution in [0.1, 0.15) is 69.5 Å². The van der Waals surface area contributed by atoms with Crippen LogP contribution in [-0.2, 0) is 6.18 Å². The zero-order valence-corrected chi connectivity index (χ0v) is 13.0. The predicted octanol–water partition coefficient (Wildman–Crippen LogP) is 5.72. The topological polar surface area (TPSA) is 12.0 Å². The van der Waals surface area contributed by atoms with E-state index < -0.39 is 11.7 Å². The molecule has 0 heterocycles. The van der Waals surface area contributed by atoms with Gasteiger partial charge in [-0.1, -0.05) is 57.7 Å². The Bertz CT molecular complexity index is 401. The fourth-order valence-corrected chi connectivity index (χ4v) is 2.52. The number of rotatable bonds is 9. The number of hydrogen-bond acceptors (Lipinski definition) is 1. The van der Waals surface area contributed by atoms with Crippen LogP contribution in [0.15, 0.2) is 24.3 Å². The lowest BCUT2D eigenvalue weighted by molar-refractivity contribution is -0.138. The van der Waals surface area contributed by atoms with Gasteiger partial charge in [-0.3, -0.25) is 0 Å². The largest absolute Gasteiger partial charge is 0.416 e. The summed E-state index contributed by atoms with van der Waals surface area (Å²) in [6.07, 6.45) is 1.70. The number of halogens is 3. The molecule has 0 saturated heterocycles. The molecule has 1 atom stereocenters. The van der Waals surface area contributed by atoms with Gasteiger partial charge in [-0.2, -0.15) is 13.2 Å². The number of alkyl halides is 3. The van der Waals surface area contributed by atoms with Crippen molar-refractivity contribution in [3.05, 3.63) is 35.4 Å². The van der Waals surface area contributed by atoms with Crippen LogP contribution in [0.25, 0.3) is 0 Å². The minimum atomic E-state index is -4.29. The summed E-state index contributed by atoms with van der Waals surface area (Å²) in [5.41, 5.74) is -0.121. The van der Waals surface area contributed by atoms with Gasteiger partial charge in [-0.25, -0.2) is 0 Å². The van der Waals surface area contributed by atoms with Gasteiger partial charge in [-0.05, 0) is 31.0 Å². The highest BCUT2D eigenvalue weighted by Crippen LogP contribution is 2.35. The molecule has 0 bridgehead atoms. The van der Waals surface area contributed by atoms with Gasteiger partial charge in [0.2, 0.25) is 0 Å². The SMILES string of the molecule is CCCCCCC(NCCC)c1ccccc1C(F)(F)F. The van der Waals surface area contributed by atoms with Gasteiger partial charge >= 0.3 is 6.18 Å². The molecular weight excluding hydrogens is 275 g/mol. The average molecular weight is 301 g/mol. The molecule has 0 fully saturated rings. The smallest absolute Gasteiger partial charge is 0.310 e. The van der Waals surface area contributed by atoms with E-state index in [9.17, 15) is 13.2 Å². The number of hydrogen-bond donors (Lipinski definition) is 1. The molecule has 4 heteroatoms. The highest BCUT2D eigenvalue weighted by molar-refractivity contribution is 5.32. The summed E-state index contributed by atoms with van der Waals surface area (Å²) < 4.78 is 39.4. The third-order valence-electron chi connectivity index (χ3n) is 3.63. The summed E-state index contributed by atoms with van der Waals surface area (Å²) in [5, 5.41) is 3.28. The molecule has 0 spiro atoms. The Hall–Kier alpha value is -1.03. The quantitative estimate of drug-likeness (QED) is 0.575. The van der Waals surface area contributed by atoms with Gasteiger partial charge in [0, 0.05) is 6.04 Å². The molecular formula is C17H26F3N. The summed E-state index contributed by atoms with van der Waals surface area (Å²) in [7, 11) is 0. The predicted molar refractivity (Wildman–Crippen MR) is 81.2 cm³/mol. The maximum absolute atomic E-state index is 13.1. The van der Waals surface area contributed by atoms with Gasteiger partial charge in [0.15, 0.2) is 0 Å². The van der Waals surface area contributed by atoms with Crippen LogP contribution in [0.4, 0.5) is 13.2 Å². The van der Waals surface area contributed by atoms with E-state index in [2.05, 4.69) is 12.2 Å². The molecule has 1 unspecified atom stereocenters. The van der Waals surface area contributed by atoms with Crippen LogP contribution in [0.2, 0.25) is 0 Å². The van der Waals surface area contributed by atoms with Crippen LogP contribution >= 0.6 is 0 Å². The van der Waals surface area contributed by atoms with Crippen molar-refractivity contribution in [2.45, 2.75) is 64.6 Å². The van der Waals surface area contributed by atoms with Crippen LogP contribution in [0.3, 0.4) is 0 Å². The molecule has 0 aliphatic rings. The number of benzene rings is 1. The van der Waals surface area contributed by atoms with E-state index in [0.717, 1.165) is 45.1 Å². The molecule has 21 heavy (non-hydrogen) atoms. The van der Waals surface area contributed by atoms with E-state index in [1.54, 1.807) is 12.1 Å². The Morgan fingerprint density at radius 1 is 1.00 bits per heavy atom. The van der Waals surface area contributed by atoms with Crippen molar-refractivity contribution in [2.24, 2.45) is 0 Å². The standard InChI is InChI=1S/C17H26F3N/c1-3-5-6-7-12-16(21-13-4-2)14-10-8-9-11-15(14)17(18,19)20/h8-11,16,21H,3-7,12-13H2,1-2H3. The second-order valence-corrected chi connectivity index (χ2v) is 5.44. The van der Waals surface area contributed by atoms with Crippen molar-refractivity contribution in [3.63, 3.8) is 0 Å². The van der Waals surface area contributed by atoms with E-state index in [1.807, 2.05) is 6.92 Å². The molecule has 0 radical (unpaired) electrons. The molecule has 0 aliphatic carbocycles. The van der Waals surface area contributed by atoms with E-state index in [-0.39, 0.29) is 6.04 Å². The minimum absolute atomic E-state index is 0.209. The van der Waals surface area contributed by atoms with Crippen LogP contribution in [-0.4, -0.2) is 6.54 Å². The van der Waals surface area contributed by atoms with Crippen molar-refractivity contribution in [2.75, 3.05) is 6.54 Å².